The average Bonchev–Trinajstić information content (AvgIpc) is 2.78. The van der Waals surface area contributed by atoms with E-state index in [-0.39, 0.29) is 11.1 Å². The third-order valence-electron chi connectivity index (χ3n) is 3.47. The maximum absolute atomic E-state index is 11.7. The lowest BCUT2D eigenvalue weighted by molar-refractivity contribution is 0.185. The molecular weight excluding hydrogens is 244 g/mol. The average molecular weight is 260 g/mol. The summed E-state index contributed by atoms with van der Waals surface area (Å²) >= 11 is 0. The Morgan fingerprint density at radius 1 is 1.53 bits per heavy atom. The number of hydrogen-bond acceptors (Lipinski definition) is 5. The van der Waals surface area contributed by atoms with Crippen molar-refractivity contribution in [2.75, 3.05) is 24.3 Å². The summed E-state index contributed by atoms with van der Waals surface area (Å²) in [4.78, 5) is 18.4. The number of benzene rings is 1. The molecule has 0 radical (unpaired) electrons. The van der Waals surface area contributed by atoms with Crippen LogP contribution in [0.5, 0.6) is 0 Å². The number of hydrogen-bond donors (Lipinski definition) is 3. The van der Waals surface area contributed by atoms with Crippen LogP contribution >= 0.6 is 0 Å². The van der Waals surface area contributed by atoms with Crippen LogP contribution in [0.1, 0.15) is 13.3 Å². The fourth-order valence-corrected chi connectivity index (χ4v) is 2.33. The second kappa shape index (κ2) is 4.24. The van der Waals surface area contributed by atoms with Crippen molar-refractivity contribution in [3.05, 3.63) is 28.8 Å². The van der Waals surface area contributed by atoms with Gasteiger partial charge in [-0.15, -0.1) is 0 Å². The lowest BCUT2D eigenvalue weighted by Gasteiger charge is -2.26. The van der Waals surface area contributed by atoms with E-state index in [0.717, 1.165) is 18.7 Å². The first-order valence-corrected chi connectivity index (χ1v) is 6.20. The zero-order valence-corrected chi connectivity index (χ0v) is 10.7. The molecule has 1 aliphatic rings. The molecule has 1 fully saturated rings. The third-order valence-corrected chi connectivity index (χ3v) is 3.47. The summed E-state index contributed by atoms with van der Waals surface area (Å²) in [7, 11) is 0. The quantitative estimate of drug-likeness (QED) is 0.703. The predicted octanol–water partition coefficient (Wildman–Crippen LogP) is 1.10. The van der Waals surface area contributed by atoms with Gasteiger partial charge in [0.1, 0.15) is 0 Å². The van der Waals surface area contributed by atoms with E-state index >= 15 is 0 Å². The summed E-state index contributed by atoms with van der Waals surface area (Å²) in [5.41, 5.74) is 7.66. The second-order valence-corrected chi connectivity index (χ2v) is 5.18. The standard InChI is InChI=1S/C13H16N4O2/c1-13(2-3-19-6-13)17-11-5-10-8(4-9(11)14)12(18)16-7-15-10/h4-5,7,17H,2-3,6,14H2,1H3,(H,15,16,18). The highest BCUT2D eigenvalue weighted by molar-refractivity contribution is 5.88. The van der Waals surface area contributed by atoms with Gasteiger partial charge in [-0.05, 0) is 25.5 Å². The minimum Gasteiger partial charge on any atom is -0.397 e. The Morgan fingerprint density at radius 3 is 3.11 bits per heavy atom. The molecule has 1 atom stereocenters. The van der Waals surface area contributed by atoms with Crippen molar-refractivity contribution in [1.29, 1.82) is 0 Å². The smallest absolute Gasteiger partial charge is 0.258 e. The lowest BCUT2D eigenvalue weighted by atomic mass is 10.0. The number of nitrogens with two attached hydrogens (primary N) is 1. The molecule has 6 heteroatoms. The lowest BCUT2D eigenvalue weighted by Crippen LogP contribution is -2.35. The molecule has 100 valence electrons. The topological polar surface area (TPSA) is 93.0 Å². The number of nitrogen functional groups attached to an aromatic ring is 1. The number of rotatable bonds is 2. The van der Waals surface area contributed by atoms with Gasteiger partial charge in [0, 0.05) is 6.61 Å². The number of aromatic nitrogens is 2. The second-order valence-electron chi connectivity index (χ2n) is 5.18. The van der Waals surface area contributed by atoms with Crippen LogP contribution in [-0.4, -0.2) is 28.7 Å². The van der Waals surface area contributed by atoms with Crippen LogP contribution in [0.2, 0.25) is 0 Å². The summed E-state index contributed by atoms with van der Waals surface area (Å²) in [5, 5.41) is 3.89. The summed E-state index contributed by atoms with van der Waals surface area (Å²) in [6.45, 7) is 3.48. The molecule has 2 aromatic rings. The number of ether oxygens (including phenoxy) is 1. The van der Waals surface area contributed by atoms with E-state index in [2.05, 4.69) is 22.2 Å². The van der Waals surface area contributed by atoms with Crippen molar-refractivity contribution in [2.45, 2.75) is 18.9 Å². The molecule has 2 heterocycles. The number of H-pyrrole nitrogens is 1. The molecule has 1 aromatic heterocycles. The van der Waals surface area contributed by atoms with Crippen LogP contribution in [0.15, 0.2) is 23.3 Å². The summed E-state index contributed by atoms with van der Waals surface area (Å²) in [6.07, 6.45) is 2.32. The van der Waals surface area contributed by atoms with Crippen LogP contribution < -0.4 is 16.6 Å². The first kappa shape index (κ1) is 12.0. The molecule has 0 aliphatic carbocycles. The molecular formula is C13H16N4O2. The Hall–Kier alpha value is -2.08. The van der Waals surface area contributed by atoms with Crippen LogP contribution in [0.3, 0.4) is 0 Å². The van der Waals surface area contributed by atoms with Crippen LogP contribution in [0, 0.1) is 0 Å². The number of nitrogens with one attached hydrogen (secondary N) is 2. The van der Waals surface area contributed by atoms with E-state index < -0.39 is 0 Å². The Labute approximate surface area is 110 Å². The van der Waals surface area contributed by atoms with Crippen LogP contribution in [-0.2, 0) is 4.74 Å². The van der Waals surface area contributed by atoms with Crippen molar-refractivity contribution in [3.8, 4) is 0 Å². The SMILES string of the molecule is CC1(Nc2cc3nc[nH]c(=O)c3cc2N)CCOC1. The van der Waals surface area contributed by atoms with Crippen molar-refractivity contribution >= 4 is 22.3 Å². The van der Waals surface area contributed by atoms with E-state index in [4.69, 9.17) is 10.5 Å². The molecule has 1 aliphatic heterocycles. The third kappa shape index (κ3) is 2.15. The Bertz CT molecular complexity index is 674. The van der Waals surface area contributed by atoms with Gasteiger partial charge in [0.2, 0.25) is 0 Å². The molecule has 0 spiro atoms. The Kier molecular flexibility index (Phi) is 2.67. The van der Waals surface area contributed by atoms with Crippen molar-refractivity contribution < 1.29 is 4.74 Å². The molecule has 1 unspecified atom stereocenters. The van der Waals surface area contributed by atoms with Gasteiger partial charge in [-0.1, -0.05) is 0 Å². The fraction of sp³-hybridized carbons (Fsp3) is 0.385. The Morgan fingerprint density at radius 2 is 2.37 bits per heavy atom. The molecule has 6 nitrogen and oxygen atoms in total. The van der Waals surface area contributed by atoms with Crippen molar-refractivity contribution in [3.63, 3.8) is 0 Å². The molecule has 19 heavy (non-hydrogen) atoms. The minimum atomic E-state index is -0.182. The molecule has 0 amide bonds. The van der Waals surface area contributed by atoms with Crippen LogP contribution in [0.4, 0.5) is 11.4 Å². The highest BCUT2D eigenvalue weighted by Gasteiger charge is 2.30. The van der Waals surface area contributed by atoms with E-state index in [1.807, 2.05) is 6.07 Å². The molecule has 0 saturated carbocycles. The van der Waals surface area contributed by atoms with E-state index in [1.165, 1.54) is 6.33 Å². The van der Waals surface area contributed by atoms with E-state index in [0.29, 0.717) is 23.2 Å². The van der Waals surface area contributed by atoms with Gasteiger partial charge in [-0.3, -0.25) is 4.79 Å². The fourth-order valence-electron chi connectivity index (χ4n) is 2.33. The monoisotopic (exact) mass is 260 g/mol. The summed E-state index contributed by atoms with van der Waals surface area (Å²) in [5.74, 6) is 0. The zero-order chi connectivity index (χ0) is 13.5. The van der Waals surface area contributed by atoms with E-state index in [1.54, 1.807) is 6.07 Å². The molecule has 4 N–H and O–H groups in total. The van der Waals surface area contributed by atoms with Crippen molar-refractivity contribution in [1.82, 2.24) is 9.97 Å². The largest absolute Gasteiger partial charge is 0.397 e. The summed E-state index contributed by atoms with van der Waals surface area (Å²) < 4.78 is 5.40. The summed E-state index contributed by atoms with van der Waals surface area (Å²) in [6, 6.07) is 3.46. The van der Waals surface area contributed by atoms with Crippen LogP contribution in [0.25, 0.3) is 10.9 Å². The van der Waals surface area contributed by atoms with Gasteiger partial charge in [0.25, 0.3) is 5.56 Å². The number of anilines is 2. The molecule has 1 aromatic carbocycles. The highest BCUT2D eigenvalue weighted by atomic mass is 16.5. The maximum Gasteiger partial charge on any atom is 0.258 e. The molecule has 0 bridgehead atoms. The molecule has 1 saturated heterocycles. The number of fused-ring (bicyclic) bond motifs is 1. The van der Waals surface area contributed by atoms with Gasteiger partial charge < -0.3 is 20.8 Å². The highest BCUT2D eigenvalue weighted by Crippen LogP contribution is 2.29. The zero-order valence-electron chi connectivity index (χ0n) is 10.7. The molecule has 3 rings (SSSR count). The van der Waals surface area contributed by atoms with Crippen molar-refractivity contribution in [2.24, 2.45) is 0 Å². The normalized spacial score (nSPS) is 22.8. The minimum absolute atomic E-state index is 0.122. The van der Waals surface area contributed by atoms with Gasteiger partial charge in [-0.25, -0.2) is 4.98 Å². The Balaban J connectivity index is 2.04. The number of aromatic amines is 1. The van der Waals surface area contributed by atoms with Gasteiger partial charge >= 0.3 is 0 Å². The van der Waals surface area contributed by atoms with Gasteiger partial charge in [0.05, 0.1) is 40.8 Å². The van der Waals surface area contributed by atoms with Gasteiger partial charge in [0.15, 0.2) is 0 Å². The predicted molar refractivity (Wildman–Crippen MR) is 74.2 cm³/mol. The van der Waals surface area contributed by atoms with Gasteiger partial charge in [-0.2, -0.15) is 0 Å². The first-order chi connectivity index (χ1) is 9.07. The maximum atomic E-state index is 11.7. The van der Waals surface area contributed by atoms with E-state index in [9.17, 15) is 4.79 Å². The first-order valence-electron chi connectivity index (χ1n) is 6.20. The number of nitrogens with zero attached hydrogens (tertiary/aromatic N) is 1.